The van der Waals surface area contributed by atoms with E-state index in [9.17, 15) is 0 Å². The number of hydrogen-bond acceptors (Lipinski definition) is 4. The van der Waals surface area contributed by atoms with Crippen LogP contribution in [0.3, 0.4) is 0 Å². The zero-order valence-electron chi connectivity index (χ0n) is 9.27. The zero-order chi connectivity index (χ0) is 11.8. The van der Waals surface area contributed by atoms with Crippen molar-refractivity contribution >= 4 is 23.0 Å². The highest BCUT2D eigenvalue weighted by Crippen LogP contribution is 2.02. The first-order chi connectivity index (χ1) is 7.76. The molecule has 0 aliphatic rings. The lowest BCUT2D eigenvalue weighted by Crippen LogP contribution is -2.36. The maximum atomic E-state index is 5.10. The highest BCUT2D eigenvalue weighted by atomic mass is 32.1. The van der Waals surface area contributed by atoms with Crippen LogP contribution in [0.25, 0.3) is 0 Å². The fourth-order valence-electron chi connectivity index (χ4n) is 1.05. The first-order valence-electron chi connectivity index (χ1n) is 4.76. The van der Waals surface area contributed by atoms with Gasteiger partial charge in [-0.25, -0.2) is 0 Å². The quantitative estimate of drug-likeness (QED) is 0.592. The fourth-order valence-corrected chi connectivity index (χ4v) is 1.25. The predicted molar refractivity (Wildman–Crippen MR) is 66.3 cm³/mol. The molecule has 88 valence electrons. The average Bonchev–Trinajstić information content (AvgIpc) is 2.31. The molecule has 6 heteroatoms. The Morgan fingerprint density at radius 2 is 2.00 bits per heavy atom. The second-order valence-electron chi connectivity index (χ2n) is 2.97. The third-order valence-corrected chi connectivity index (χ3v) is 2.14. The van der Waals surface area contributed by atoms with Gasteiger partial charge in [0.05, 0.1) is 6.54 Å². The van der Waals surface area contributed by atoms with Crippen LogP contribution in [0, 0.1) is 0 Å². The van der Waals surface area contributed by atoms with Crippen molar-refractivity contribution in [3.63, 3.8) is 0 Å². The Kier molecular flexibility index (Phi) is 5.69. The molecular formula is C10H15N3O2S. The Labute approximate surface area is 100 Å². The van der Waals surface area contributed by atoms with Crippen molar-refractivity contribution in [2.24, 2.45) is 0 Å². The van der Waals surface area contributed by atoms with E-state index in [0.29, 0.717) is 11.7 Å². The van der Waals surface area contributed by atoms with E-state index >= 15 is 0 Å². The van der Waals surface area contributed by atoms with Crippen molar-refractivity contribution in [3.05, 3.63) is 24.5 Å². The van der Waals surface area contributed by atoms with Crippen molar-refractivity contribution in [2.75, 3.05) is 26.1 Å². The van der Waals surface area contributed by atoms with Crippen LogP contribution in [0.2, 0.25) is 0 Å². The molecule has 1 aromatic heterocycles. The molecule has 0 aromatic carbocycles. The van der Waals surface area contributed by atoms with E-state index in [2.05, 4.69) is 15.6 Å². The Morgan fingerprint density at radius 3 is 2.56 bits per heavy atom. The summed E-state index contributed by atoms with van der Waals surface area (Å²) in [4.78, 5) is 3.91. The molecule has 0 atom stereocenters. The van der Waals surface area contributed by atoms with Crippen molar-refractivity contribution in [1.82, 2.24) is 10.3 Å². The molecule has 0 bridgehead atoms. The van der Waals surface area contributed by atoms with Gasteiger partial charge >= 0.3 is 0 Å². The summed E-state index contributed by atoms with van der Waals surface area (Å²) in [6, 6.07) is 3.66. The molecule has 5 nitrogen and oxygen atoms in total. The summed E-state index contributed by atoms with van der Waals surface area (Å²) in [6.07, 6.45) is 3.08. The van der Waals surface area contributed by atoms with Crippen molar-refractivity contribution in [3.8, 4) is 0 Å². The van der Waals surface area contributed by atoms with Crippen molar-refractivity contribution in [1.29, 1.82) is 0 Å². The lowest BCUT2D eigenvalue weighted by atomic mass is 10.4. The summed E-state index contributed by atoms with van der Waals surface area (Å²) in [5.74, 6) is 0. The van der Waals surface area contributed by atoms with Gasteiger partial charge < -0.3 is 20.1 Å². The summed E-state index contributed by atoms with van der Waals surface area (Å²) in [7, 11) is 3.16. The van der Waals surface area contributed by atoms with Crippen LogP contribution < -0.4 is 10.6 Å². The molecule has 0 amide bonds. The number of methoxy groups -OCH3 is 2. The summed E-state index contributed by atoms with van der Waals surface area (Å²) in [5.41, 5.74) is 0.888. The molecule has 0 saturated carbocycles. The molecule has 0 radical (unpaired) electrons. The van der Waals surface area contributed by atoms with E-state index < -0.39 is 0 Å². The third-order valence-electron chi connectivity index (χ3n) is 1.89. The molecule has 0 aliphatic heterocycles. The fraction of sp³-hybridized carbons (Fsp3) is 0.400. The van der Waals surface area contributed by atoms with Gasteiger partial charge in [0, 0.05) is 32.3 Å². The first-order valence-corrected chi connectivity index (χ1v) is 5.17. The molecule has 0 unspecified atom stereocenters. The van der Waals surface area contributed by atoms with Gasteiger partial charge in [0.2, 0.25) is 0 Å². The Morgan fingerprint density at radius 1 is 1.38 bits per heavy atom. The number of hydrogen-bond donors (Lipinski definition) is 2. The lowest BCUT2D eigenvalue weighted by molar-refractivity contribution is -0.0964. The molecule has 16 heavy (non-hydrogen) atoms. The minimum absolute atomic E-state index is 0.308. The average molecular weight is 241 g/mol. The molecule has 0 saturated heterocycles. The second kappa shape index (κ2) is 7.10. The van der Waals surface area contributed by atoms with E-state index in [-0.39, 0.29) is 6.29 Å². The first kappa shape index (κ1) is 12.8. The highest BCUT2D eigenvalue weighted by molar-refractivity contribution is 7.80. The van der Waals surface area contributed by atoms with E-state index in [1.807, 2.05) is 12.1 Å². The largest absolute Gasteiger partial charge is 0.357 e. The minimum Gasteiger partial charge on any atom is -0.357 e. The van der Waals surface area contributed by atoms with Gasteiger partial charge in [-0.2, -0.15) is 0 Å². The van der Waals surface area contributed by atoms with Gasteiger partial charge in [0.15, 0.2) is 11.4 Å². The maximum Gasteiger partial charge on any atom is 0.174 e. The van der Waals surface area contributed by atoms with Gasteiger partial charge in [-0.1, -0.05) is 0 Å². The lowest BCUT2D eigenvalue weighted by Gasteiger charge is -2.16. The standard InChI is InChI=1S/C10H15N3O2S/c1-14-9(15-2)7-12-10(16)13-8-3-5-11-6-4-8/h3-6,9H,7H2,1-2H3,(H2,11,12,13,16). The van der Waals surface area contributed by atoms with Crippen LogP contribution in [-0.4, -0.2) is 37.2 Å². The van der Waals surface area contributed by atoms with Crippen LogP contribution in [0.1, 0.15) is 0 Å². The zero-order valence-corrected chi connectivity index (χ0v) is 10.1. The highest BCUT2D eigenvalue weighted by Gasteiger charge is 2.05. The second-order valence-corrected chi connectivity index (χ2v) is 3.38. The van der Waals surface area contributed by atoms with E-state index in [0.717, 1.165) is 5.69 Å². The molecule has 1 heterocycles. The van der Waals surface area contributed by atoms with Gasteiger partial charge in [-0.15, -0.1) is 0 Å². The summed E-state index contributed by atoms with van der Waals surface area (Å²) < 4.78 is 10.0. The number of nitrogens with one attached hydrogen (secondary N) is 2. The number of thiocarbonyl (C=S) groups is 1. The molecule has 0 fully saturated rings. The normalized spacial score (nSPS) is 10.2. The molecule has 2 N–H and O–H groups in total. The Hall–Kier alpha value is -1.24. The Balaban J connectivity index is 2.31. The van der Waals surface area contributed by atoms with E-state index in [1.54, 1.807) is 26.6 Å². The van der Waals surface area contributed by atoms with Gasteiger partial charge in [0.25, 0.3) is 0 Å². The summed E-state index contributed by atoms with van der Waals surface area (Å²) in [5, 5.41) is 6.52. The number of aromatic nitrogens is 1. The third kappa shape index (κ3) is 4.52. The molecular weight excluding hydrogens is 226 g/mol. The number of rotatable bonds is 5. The van der Waals surface area contributed by atoms with Crippen LogP contribution in [0.15, 0.2) is 24.5 Å². The maximum absolute atomic E-state index is 5.10. The molecule has 1 rings (SSSR count). The predicted octanol–water partition coefficient (Wildman–Crippen LogP) is 0.987. The number of nitrogens with zero attached hydrogens (tertiary/aromatic N) is 1. The van der Waals surface area contributed by atoms with Gasteiger partial charge in [-0.3, -0.25) is 4.98 Å². The van der Waals surface area contributed by atoms with Crippen LogP contribution >= 0.6 is 12.2 Å². The minimum atomic E-state index is -0.308. The number of pyridine rings is 1. The SMILES string of the molecule is COC(CNC(=S)Nc1ccncc1)OC. The topological polar surface area (TPSA) is 55.4 Å². The van der Waals surface area contributed by atoms with Crippen LogP contribution in [0.4, 0.5) is 5.69 Å². The summed E-state index contributed by atoms with van der Waals surface area (Å²) in [6.45, 7) is 0.490. The number of anilines is 1. The van der Waals surface area contributed by atoms with Crippen LogP contribution in [-0.2, 0) is 9.47 Å². The van der Waals surface area contributed by atoms with Crippen molar-refractivity contribution < 1.29 is 9.47 Å². The van der Waals surface area contributed by atoms with Crippen molar-refractivity contribution in [2.45, 2.75) is 6.29 Å². The molecule has 0 aliphatic carbocycles. The van der Waals surface area contributed by atoms with E-state index in [1.165, 1.54) is 0 Å². The van der Waals surface area contributed by atoms with Gasteiger partial charge in [0.1, 0.15) is 0 Å². The van der Waals surface area contributed by atoms with E-state index in [4.69, 9.17) is 21.7 Å². The number of ether oxygens (including phenoxy) is 2. The Bertz CT molecular complexity index is 317. The van der Waals surface area contributed by atoms with Gasteiger partial charge in [-0.05, 0) is 24.4 Å². The monoisotopic (exact) mass is 241 g/mol. The molecule has 0 spiro atoms. The molecule has 1 aromatic rings. The smallest absolute Gasteiger partial charge is 0.174 e. The summed E-state index contributed by atoms with van der Waals surface area (Å²) >= 11 is 5.10. The van der Waals surface area contributed by atoms with Crippen LogP contribution in [0.5, 0.6) is 0 Å².